The molecule has 0 bridgehead atoms. The second kappa shape index (κ2) is 9.00. The van der Waals surface area contributed by atoms with Crippen LogP contribution < -0.4 is 20.3 Å². The molecule has 0 radical (unpaired) electrons. The van der Waals surface area contributed by atoms with Crippen molar-refractivity contribution in [3.63, 3.8) is 0 Å². The van der Waals surface area contributed by atoms with Crippen LogP contribution in [0.5, 0.6) is 5.75 Å². The van der Waals surface area contributed by atoms with Crippen molar-refractivity contribution in [1.82, 2.24) is 4.57 Å². The van der Waals surface area contributed by atoms with Crippen LogP contribution >= 0.6 is 0 Å². The van der Waals surface area contributed by atoms with Gasteiger partial charge in [-0.1, -0.05) is 18.2 Å². The van der Waals surface area contributed by atoms with Gasteiger partial charge in [-0.15, -0.1) is 0 Å². The second-order valence-electron chi connectivity index (χ2n) is 6.60. The first kappa shape index (κ1) is 22.0. The number of nitrogens with one attached hydrogen (secondary N) is 2. The van der Waals surface area contributed by atoms with Crippen LogP contribution in [0.15, 0.2) is 70.4 Å². The lowest BCUT2D eigenvalue weighted by atomic mass is 10.3. The van der Waals surface area contributed by atoms with E-state index in [0.29, 0.717) is 5.69 Å². The minimum absolute atomic E-state index is 0.000741. The van der Waals surface area contributed by atoms with E-state index in [1.807, 2.05) is 0 Å². The average Bonchev–Trinajstić information content (AvgIpc) is 2.74. The molecule has 2 aromatic carbocycles. The van der Waals surface area contributed by atoms with Crippen LogP contribution in [0.2, 0.25) is 0 Å². The smallest absolute Gasteiger partial charge is 0.275 e. The van der Waals surface area contributed by atoms with Crippen LogP contribution in [0, 0.1) is 12.7 Å². The van der Waals surface area contributed by atoms with Gasteiger partial charge in [0.05, 0.1) is 12.0 Å². The number of pyridine rings is 1. The van der Waals surface area contributed by atoms with Gasteiger partial charge in [-0.05, 0) is 43.3 Å². The Morgan fingerprint density at radius 1 is 1.10 bits per heavy atom. The van der Waals surface area contributed by atoms with Gasteiger partial charge in [0, 0.05) is 17.4 Å². The van der Waals surface area contributed by atoms with Crippen molar-refractivity contribution in [3.05, 3.63) is 82.5 Å². The number of hydrogen-bond acceptors (Lipinski definition) is 5. The standard InChI is InChI=1S/C21H20FN3O5S/c1-14-8-10-18(24-31(28,29)16-6-4-3-5-7-16)21(27)25(14)13-20(26)23-15-9-11-19(30-2)17(22)12-15/h3-12,24H,13H2,1-2H3,(H,23,26). The monoisotopic (exact) mass is 445 g/mol. The number of nitrogens with zero attached hydrogens (tertiary/aromatic N) is 1. The summed E-state index contributed by atoms with van der Waals surface area (Å²) in [6.45, 7) is 1.22. The molecule has 2 N–H and O–H groups in total. The third-order valence-corrected chi connectivity index (χ3v) is 5.81. The molecule has 0 atom stereocenters. The van der Waals surface area contributed by atoms with E-state index in [1.165, 1.54) is 43.5 Å². The highest BCUT2D eigenvalue weighted by Crippen LogP contribution is 2.20. The lowest BCUT2D eigenvalue weighted by Crippen LogP contribution is -2.31. The zero-order valence-electron chi connectivity index (χ0n) is 16.8. The van der Waals surface area contributed by atoms with Crippen LogP contribution in [0.25, 0.3) is 0 Å². The molecule has 0 saturated heterocycles. The summed E-state index contributed by atoms with van der Waals surface area (Å²) in [4.78, 5) is 25.2. The Labute approximate surface area is 178 Å². The molecule has 162 valence electrons. The van der Waals surface area contributed by atoms with Gasteiger partial charge < -0.3 is 14.6 Å². The number of halogens is 1. The fourth-order valence-electron chi connectivity index (χ4n) is 2.84. The number of methoxy groups -OCH3 is 1. The zero-order chi connectivity index (χ0) is 22.6. The third kappa shape index (κ3) is 5.10. The van der Waals surface area contributed by atoms with Crippen molar-refractivity contribution in [2.24, 2.45) is 0 Å². The highest BCUT2D eigenvalue weighted by atomic mass is 32.2. The van der Waals surface area contributed by atoms with Crippen molar-refractivity contribution in [2.75, 3.05) is 17.1 Å². The van der Waals surface area contributed by atoms with Gasteiger partial charge in [-0.2, -0.15) is 0 Å². The van der Waals surface area contributed by atoms with Crippen molar-refractivity contribution in [3.8, 4) is 5.75 Å². The molecule has 0 spiro atoms. The minimum Gasteiger partial charge on any atom is -0.494 e. The number of carbonyl (C=O) groups excluding carboxylic acids is 1. The van der Waals surface area contributed by atoms with E-state index in [9.17, 15) is 22.4 Å². The number of anilines is 2. The summed E-state index contributed by atoms with van der Waals surface area (Å²) in [7, 11) is -2.65. The summed E-state index contributed by atoms with van der Waals surface area (Å²) in [6, 6.07) is 14.4. The highest BCUT2D eigenvalue weighted by molar-refractivity contribution is 7.92. The molecule has 0 unspecified atom stereocenters. The van der Waals surface area contributed by atoms with Gasteiger partial charge in [-0.25, -0.2) is 12.8 Å². The molecular weight excluding hydrogens is 425 g/mol. The molecule has 0 aliphatic rings. The summed E-state index contributed by atoms with van der Waals surface area (Å²) in [5.41, 5.74) is -0.244. The fraction of sp³-hybridized carbons (Fsp3) is 0.143. The molecule has 8 nitrogen and oxygen atoms in total. The molecule has 3 rings (SSSR count). The normalized spacial score (nSPS) is 11.1. The zero-order valence-corrected chi connectivity index (χ0v) is 17.6. The topological polar surface area (TPSA) is 106 Å². The van der Waals surface area contributed by atoms with E-state index in [1.54, 1.807) is 25.1 Å². The fourth-order valence-corrected chi connectivity index (χ4v) is 3.91. The second-order valence-corrected chi connectivity index (χ2v) is 8.28. The van der Waals surface area contributed by atoms with Crippen LogP contribution in [-0.2, 0) is 21.4 Å². The van der Waals surface area contributed by atoms with Crippen LogP contribution in [0.3, 0.4) is 0 Å². The number of benzene rings is 2. The Hall–Kier alpha value is -3.66. The van der Waals surface area contributed by atoms with Crippen molar-refractivity contribution < 1.29 is 22.3 Å². The predicted molar refractivity (Wildman–Crippen MR) is 114 cm³/mol. The maximum absolute atomic E-state index is 13.8. The molecule has 0 aliphatic carbocycles. The minimum atomic E-state index is -3.97. The van der Waals surface area contributed by atoms with Crippen molar-refractivity contribution in [1.29, 1.82) is 0 Å². The van der Waals surface area contributed by atoms with Crippen molar-refractivity contribution >= 4 is 27.3 Å². The predicted octanol–water partition coefficient (Wildman–Crippen LogP) is 2.74. The van der Waals surface area contributed by atoms with Crippen LogP contribution in [-0.4, -0.2) is 26.0 Å². The van der Waals surface area contributed by atoms with E-state index >= 15 is 0 Å². The van der Waals surface area contributed by atoms with Crippen LogP contribution in [0.1, 0.15) is 5.69 Å². The number of ether oxygens (including phenoxy) is 1. The van der Waals surface area contributed by atoms with E-state index in [4.69, 9.17) is 4.74 Å². The Morgan fingerprint density at radius 3 is 2.45 bits per heavy atom. The summed E-state index contributed by atoms with van der Waals surface area (Å²) < 4.78 is 47.0. The van der Waals surface area contributed by atoms with Gasteiger partial charge in [0.2, 0.25) is 5.91 Å². The van der Waals surface area contributed by atoms with E-state index < -0.39 is 27.3 Å². The Bertz CT molecular complexity index is 1270. The Balaban J connectivity index is 1.81. The SMILES string of the molecule is COc1ccc(NC(=O)Cn2c(C)ccc(NS(=O)(=O)c3ccccc3)c2=O)cc1F. The lowest BCUT2D eigenvalue weighted by Gasteiger charge is -2.14. The summed E-state index contributed by atoms with van der Waals surface area (Å²) in [6.07, 6.45) is 0. The number of aromatic nitrogens is 1. The molecule has 1 aromatic heterocycles. The first-order valence-corrected chi connectivity index (χ1v) is 10.6. The van der Waals surface area contributed by atoms with Gasteiger partial charge >= 0.3 is 0 Å². The molecule has 0 aliphatic heterocycles. The maximum Gasteiger partial charge on any atom is 0.275 e. The number of sulfonamides is 1. The molecular formula is C21H20FN3O5S. The Morgan fingerprint density at radius 2 is 1.81 bits per heavy atom. The van der Waals surface area contributed by atoms with Crippen LogP contribution in [0.4, 0.5) is 15.8 Å². The molecule has 0 saturated carbocycles. The number of carbonyl (C=O) groups is 1. The van der Waals surface area contributed by atoms with Gasteiger partial charge in [-0.3, -0.25) is 14.3 Å². The molecule has 0 fully saturated rings. The number of aryl methyl sites for hydroxylation is 1. The maximum atomic E-state index is 13.8. The molecule has 3 aromatic rings. The summed E-state index contributed by atoms with van der Waals surface area (Å²) in [5.74, 6) is -1.20. The summed E-state index contributed by atoms with van der Waals surface area (Å²) in [5, 5.41) is 2.50. The quantitative estimate of drug-likeness (QED) is 0.582. The average molecular weight is 445 g/mol. The third-order valence-electron chi connectivity index (χ3n) is 4.43. The number of hydrogen-bond donors (Lipinski definition) is 2. The Kier molecular flexibility index (Phi) is 6.40. The van der Waals surface area contributed by atoms with E-state index in [2.05, 4.69) is 10.0 Å². The molecule has 1 heterocycles. The molecule has 1 amide bonds. The lowest BCUT2D eigenvalue weighted by molar-refractivity contribution is -0.116. The van der Waals surface area contributed by atoms with Gasteiger partial charge in [0.15, 0.2) is 11.6 Å². The summed E-state index contributed by atoms with van der Waals surface area (Å²) >= 11 is 0. The highest BCUT2D eigenvalue weighted by Gasteiger charge is 2.18. The van der Waals surface area contributed by atoms with E-state index in [-0.39, 0.29) is 28.6 Å². The number of rotatable bonds is 7. The molecule has 10 heteroatoms. The first-order chi connectivity index (χ1) is 14.7. The molecule has 31 heavy (non-hydrogen) atoms. The van der Waals surface area contributed by atoms with Crippen molar-refractivity contribution in [2.45, 2.75) is 18.4 Å². The van der Waals surface area contributed by atoms with Gasteiger partial charge in [0.1, 0.15) is 12.2 Å². The van der Waals surface area contributed by atoms with E-state index in [0.717, 1.165) is 10.6 Å². The van der Waals surface area contributed by atoms with Gasteiger partial charge in [0.25, 0.3) is 15.6 Å². The first-order valence-electron chi connectivity index (χ1n) is 9.13. The largest absolute Gasteiger partial charge is 0.494 e. The number of amides is 1.